The number of hydrogen-bond acceptors (Lipinski definition) is 5. The minimum atomic E-state index is -1.14. The molecule has 1 aromatic carbocycles. The topological polar surface area (TPSA) is 128 Å². The van der Waals surface area contributed by atoms with Crippen molar-refractivity contribution in [3.05, 3.63) is 23.8 Å². The molecule has 0 fully saturated rings. The summed E-state index contributed by atoms with van der Waals surface area (Å²) in [7, 11) is 1.37. The second kappa shape index (κ2) is 7.13. The van der Waals surface area contributed by atoms with E-state index in [9.17, 15) is 14.4 Å². The molecule has 0 saturated heterocycles. The van der Waals surface area contributed by atoms with Crippen molar-refractivity contribution in [1.82, 2.24) is 5.32 Å². The van der Waals surface area contributed by atoms with Crippen molar-refractivity contribution in [2.45, 2.75) is 13.0 Å². The molecule has 0 bridgehead atoms. The first-order valence-corrected chi connectivity index (χ1v) is 5.98. The number of nitrogens with one attached hydrogen (secondary N) is 1. The summed E-state index contributed by atoms with van der Waals surface area (Å²) >= 11 is 0. The number of carboxylic acid groups (broad SMARTS) is 1. The summed E-state index contributed by atoms with van der Waals surface area (Å²) in [6.45, 7) is 1.03. The highest BCUT2D eigenvalue weighted by molar-refractivity contribution is 5.97. The molecule has 8 heteroatoms. The van der Waals surface area contributed by atoms with Gasteiger partial charge in [-0.25, -0.2) is 0 Å². The van der Waals surface area contributed by atoms with Crippen molar-refractivity contribution in [1.29, 1.82) is 0 Å². The zero-order valence-electron chi connectivity index (χ0n) is 11.6. The van der Waals surface area contributed by atoms with Crippen LogP contribution in [0.5, 0.6) is 11.5 Å². The van der Waals surface area contributed by atoms with Crippen LogP contribution in [0.25, 0.3) is 0 Å². The number of nitrogens with two attached hydrogens (primary N) is 1. The van der Waals surface area contributed by atoms with Gasteiger partial charge in [-0.1, -0.05) is 0 Å². The molecule has 0 aliphatic heterocycles. The fourth-order valence-electron chi connectivity index (χ4n) is 1.42. The second-order valence-corrected chi connectivity index (χ2v) is 4.15. The number of hydrogen-bond donors (Lipinski definition) is 3. The van der Waals surface area contributed by atoms with Crippen molar-refractivity contribution in [3.8, 4) is 11.5 Å². The first-order valence-electron chi connectivity index (χ1n) is 5.98. The van der Waals surface area contributed by atoms with Crippen LogP contribution in [0.2, 0.25) is 0 Å². The Morgan fingerprint density at radius 2 is 2.00 bits per heavy atom. The Kier molecular flexibility index (Phi) is 5.53. The lowest BCUT2D eigenvalue weighted by molar-refractivity contribution is -0.138. The molecule has 0 heterocycles. The van der Waals surface area contributed by atoms with Gasteiger partial charge in [0.25, 0.3) is 11.8 Å². The van der Waals surface area contributed by atoms with Gasteiger partial charge < -0.3 is 25.6 Å². The largest absolute Gasteiger partial charge is 0.493 e. The van der Waals surface area contributed by atoms with Gasteiger partial charge in [-0.2, -0.15) is 0 Å². The molecular weight excluding hydrogens is 280 g/mol. The third kappa shape index (κ3) is 4.68. The van der Waals surface area contributed by atoms with Crippen LogP contribution in [0.15, 0.2) is 18.2 Å². The lowest BCUT2D eigenvalue weighted by Gasteiger charge is -2.12. The highest BCUT2D eigenvalue weighted by Crippen LogP contribution is 2.28. The van der Waals surface area contributed by atoms with Gasteiger partial charge in [0, 0.05) is 5.56 Å². The van der Waals surface area contributed by atoms with Crippen LogP contribution in [-0.4, -0.2) is 42.6 Å². The van der Waals surface area contributed by atoms with E-state index in [0.29, 0.717) is 0 Å². The maximum atomic E-state index is 11.9. The monoisotopic (exact) mass is 296 g/mol. The lowest BCUT2D eigenvalue weighted by Crippen LogP contribution is -2.38. The fraction of sp³-hybridized carbons (Fsp3) is 0.308. The molecular formula is C13H16N2O6. The van der Waals surface area contributed by atoms with E-state index in [1.54, 1.807) is 0 Å². The van der Waals surface area contributed by atoms with Crippen LogP contribution in [0.1, 0.15) is 17.3 Å². The van der Waals surface area contributed by atoms with Crippen molar-refractivity contribution >= 4 is 17.8 Å². The highest BCUT2D eigenvalue weighted by atomic mass is 16.5. The number of carboxylic acids is 1. The number of methoxy groups -OCH3 is 1. The Hall–Kier alpha value is -2.77. The Morgan fingerprint density at radius 1 is 1.33 bits per heavy atom. The summed E-state index contributed by atoms with van der Waals surface area (Å²) < 4.78 is 10.2. The van der Waals surface area contributed by atoms with Crippen LogP contribution >= 0.6 is 0 Å². The van der Waals surface area contributed by atoms with Crippen LogP contribution < -0.4 is 20.5 Å². The smallest absolute Gasteiger partial charge is 0.325 e. The average molecular weight is 296 g/mol. The standard InChI is InChI=1S/C13H16N2O6/c1-7(13(18)19)15-12(17)8-3-4-9(10(5-8)20-2)21-6-11(14)16/h3-5,7H,6H2,1-2H3,(H2,14,16)(H,15,17)(H,18,19)/t7-/m1/s1. The zero-order chi connectivity index (χ0) is 16.0. The quantitative estimate of drug-likeness (QED) is 0.637. The Balaban J connectivity index is 2.88. The third-order valence-corrected chi connectivity index (χ3v) is 2.51. The second-order valence-electron chi connectivity index (χ2n) is 4.15. The van der Waals surface area contributed by atoms with Gasteiger partial charge in [-0.05, 0) is 25.1 Å². The van der Waals surface area contributed by atoms with Gasteiger partial charge in [0.05, 0.1) is 7.11 Å². The maximum absolute atomic E-state index is 11.9. The molecule has 21 heavy (non-hydrogen) atoms. The summed E-state index contributed by atoms with van der Waals surface area (Å²) in [5.41, 5.74) is 5.17. The van der Waals surface area contributed by atoms with E-state index >= 15 is 0 Å². The van der Waals surface area contributed by atoms with E-state index in [4.69, 9.17) is 20.3 Å². The van der Waals surface area contributed by atoms with Gasteiger partial charge in [0.15, 0.2) is 18.1 Å². The van der Waals surface area contributed by atoms with Crippen LogP contribution in [0.3, 0.4) is 0 Å². The molecule has 0 aliphatic carbocycles. The van der Waals surface area contributed by atoms with Crippen molar-refractivity contribution in [2.75, 3.05) is 13.7 Å². The van der Waals surface area contributed by atoms with E-state index in [1.807, 2.05) is 0 Å². The van der Waals surface area contributed by atoms with Crippen LogP contribution in [0, 0.1) is 0 Å². The number of ether oxygens (including phenoxy) is 2. The third-order valence-electron chi connectivity index (χ3n) is 2.51. The molecule has 0 spiro atoms. The summed E-state index contributed by atoms with van der Waals surface area (Å²) in [6, 6.07) is 3.21. The first kappa shape index (κ1) is 16.3. The molecule has 8 nitrogen and oxygen atoms in total. The SMILES string of the molecule is COc1cc(C(=O)N[C@H](C)C(=O)O)ccc1OCC(N)=O. The molecule has 114 valence electrons. The van der Waals surface area contributed by atoms with Gasteiger partial charge in [-0.15, -0.1) is 0 Å². The molecule has 0 aromatic heterocycles. The molecule has 4 N–H and O–H groups in total. The van der Waals surface area contributed by atoms with Crippen LogP contribution in [0.4, 0.5) is 0 Å². The summed E-state index contributed by atoms with van der Waals surface area (Å²) in [4.78, 5) is 33.2. The van der Waals surface area contributed by atoms with Crippen molar-refractivity contribution < 1.29 is 29.0 Å². The molecule has 1 atom stereocenters. The molecule has 2 amide bonds. The zero-order valence-corrected chi connectivity index (χ0v) is 11.6. The first-order chi connectivity index (χ1) is 9.85. The van der Waals surface area contributed by atoms with Crippen molar-refractivity contribution in [3.63, 3.8) is 0 Å². The summed E-state index contributed by atoms with van der Waals surface area (Å²) in [5, 5.41) is 11.0. The average Bonchev–Trinajstić information content (AvgIpc) is 2.44. The van der Waals surface area contributed by atoms with E-state index in [1.165, 1.54) is 32.2 Å². The van der Waals surface area contributed by atoms with Gasteiger partial charge in [0.1, 0.15) is 6.04 Å². The normalized spacial score (nSPS) is 11.3. The number of carbonyl (C=O) groups is 3. The number of benzene rings is 1. The lowest BCUT2D eigenvalue weighted by atomic mass is 10.1. The van der Waals surface area contributed by atoms with Crippen molar-refractivity contribution in [2.24, 2.45) is 5.73 Å². The van der Waals surface area contributed by atoms with Crippen LogP contribution in [-0.2, 0) is 9.59 Å². The van der Waals surface area contributed by atoms with Gasteiger partial charge in [-0.3, -0.25) is 14.4 Å². The van der Waals surface area contributed by atoms with E-state index in [-0.39, 0.29) is 23.7 Å². The van der Waals surface area contributed by atoms with Gasteiger partial charge >= 0.3 is 5.97 Å². The fourth-order valence-corrected chi connectivity index (χ4v) is 1.42. The van der Waals surface area contributed by atoms with E-state index in [0.717, 1.165) is 0 Å². The number of rotatable bonds is 7. The molecule has 0 saturated carbocycles. The Labute approximate surface area is 120 Å². The van der Waals surface area contributed by atoms with E-state index < -0.39 is 23.8 Å². The predicted molar refractivity (Wildman–Crippen MR) is 72.2 cm³/mol. The Bertz CT molecular complexity index is 558. The number of primary amides is 1. The maximum Gasteiger partial charge on any atom is 0.325 e. The number of aliphatic carboxylic acids is 1. The molecule has 0 aliphatic rings. The molecule has 0 unspecified atom stereocenters. The van der Waals surface area contributed by atoms with E-state index in [2.05, 4.69) is 5.32 Å². The minimum Gasteiger partial charge on any atom is -0.493 e. The number of amides is 2. The highest BCUT2D eigenvalue weighted by Gasteiger charge is 2.17. The summed E-state index contributed by atoms with van der Waals surface area (Å²) in [6.07, 6.45) is 0. The molecule has 1 rings (SSSR count). The minimum absolute atomic E-state index is 0.200. The molecule has 1 aromatic rings. The molecule has 0 radical (unpaired) electrons. The number of carbonyl (C=O) groups excluding carboxylic acids is 2. The van der Waals surface area contributed by atoms with Gasteiger partial charge in [0.2, 0.25) is 0 Å². The Morgan fingerprint density at radius 3 is 2.52 bits per heavy atom. The summed E-state index contributed by atoms with van der Waals surface area (Å²) in [5.74, 6) is -1.87. The predicted octanol–water partition coefficient (Wildman–Crippen LogP) is -0.238.